The number of nitrogens with zero attached hydrogens (tertiary/aromatic N) is 3. The molecule has 3 rings (SSSR count). The van der Waals surface area contributed by atoms with Crippen molar-refractivity contribution in [3.8, 4) is 11.8 Å². The minimum Gasteiger partial charge on any atom is -0.482 e. The lowest BCUT2D eigenvalue weighted by Crippen LogP contribution is -2.49. The second kappa shape index (κ2) is 9.42. The normalized spacial score (nSPS) is 14.2. The van der Waals surface area contributed by atoms with Gasteiger partial charge in [-0.3, -0.25) is 4.79 Å². The topological polar surface area (TPSA) is 93.9 Å². The van der Waals surface area contributed by atoms with Gasteiger partial charge in [0.1, 0.15) is 17.4 Å². The molecule has 0 atom stereocenters. The third-order valence-corrected chi connectivity index (χ3v) is 4.59. The summed E-state index contributed by atoms with van der Waals surface area (Å²) in [5, 5.41) is 18.1. The van der Waals surface area contributed by atoms with E-state index < -0.39 is 12.6 Å². The fraction of sp³-hybridized carbons (Fsp3) is 0.227. The molecule has 0 bridgehead atoms. The fourth-order valence-electron chi connectivity index (χ4n) is 3.09. The van der Waals surface area contributed by atoms with E-state index in [-0.39, 0.29) is 11.5 Å². The SMILES string of the molecule is N#C/C(=C/c1ccc(OCC(=O)O)cc1)C(=O)N1CCN(c2ccccc2)CC1. The summed E-state index contributed by atoms with van der Waals surface area (Å²) in [6, 6.07) is 18.6. The number of piperazine rings is 1. The van der Waals surface area contributed by atoms with E-state index in [4.69, 9.17) is 9.84 Å². The minimum atomic E-state index is -1.06. The highest BCUT2D eigenvalue weighted by molar-refractivity contribution is 6.01. The second-order valence-electron chi connectivity index (χ2n) is 6.54. The maximum atomic E-state index is 12.7. The van der Waals surface area contributed by atoms with Gasteiger partial charge in [0.05, 0.1) is 0 Å². The first-order valence-electron chi connectivity index (χ1n) is 9.22. The van der Waals surface area contributed by atoms with E-state index in [1.54, 1.807) is 29.2 Å². The lowest BCUT2D eigenvalue weighted by molar-refractivity contribution is -0.139. The molecule has 7 heteroatoms. The van der Waals surface area contributed by atoms with Crippen molar-refractivity contribution in [3.05, 3.63) is 65.7 Å². The van der Waals surface area contributed by atoms with Gasteiger partial charge in [0.15, 0.2) is 6.61 Å². The Hall–Kier alpha value is -3.79. The third kappa shape index (κ3) is 5.36. The molecule has 1 saturated heterocycles. The third-order valence-electron chi connectivity index (χ3n) is 4.59. The number of nitriles is 1. The van der Waals surface area contributed by atoms with Gasteiger partial charge in [-0.25, -0.2) is 4.79 Å². The van der Waals surface area contributed by atoms with E-state index in [2.05, 4.69) is 4.90 Å². The average Bonchev–Trinajstić information content (AvgIpc) is 2.77. The maximum absolute atomic E-state index is 12.7. The predicted octanol–water partition coefficient (Wildman–Crippen LogP) is 2.41. The van der Waals surface area contributed by atoms with Crippen LogP contribution in [0.3, 0.4) is 0 Å². The molecule has 2 aromatic carbocycles. The number of carbonyl (C=O) groups excluding carboxylic acids is 1. The molecule has 0 saturated carbocycles. The molecule has 1 aliphatic heterocycles. The average molecular weight is 391 g/mol. The molecule has 0 spiro atoms. The van der Waals surface area contributed by atoms with Crippen molar-refractivity contribution in [2.24, 2.45) is 0 Å². The van der Waals surface area contributed by atoms with Crippen molar-refractivity contribution in [1.82, 2.24) is 4.90 Å². The van der Waals surface area contributed by atoms with Gasteiger partial charge in [-0.05, 0) is 35.9 Å². The molecular formula is C22H21N3O4. The molecule has 148 valence electrons. The number of carbonyl (C=O) groups is 2. The molecule has 29 heavy (non-hydrogen) atoms. The molecule has 1 fully saturated rings. The summed E-state index contributed by atoms with van der Waals surface area (Å²) in [5.74, 6) is -0.934. The standard InChI is InChI=1S/C22H21N3O4/c23-15-18(14-17-6-8-20(9-7-17)29-16-21(26)27)22(28)25-12-10-24(11-13-25)19-4-2-1-3-5-19/h1-9,14H,10-13,16H2,(H,26,27)/b18-14-. The first-order chi connectivity index (χ1) is 14.1. The number of para-hydroxylation sites is 1. The largest absolute Gasteiger partial charge is 0.482 e. The highest BCUT2D eigenvalue weighted by Crippen LogP contribution is 2.18. The molecule has 2 aromatic rings. The van der Waals surface area contributed by atoms with E-state index in [1.165, 1.54) is 6.08 Å². The van der Waals surface area contributed by atoms with Gasteiger partial charge in [0.25, 0.3) is 5.91 Å². The van der Waals surface area contributed by atoms with E-state index in [0.29, 0.717) is 37.5 Å². The molecule has 1 heterocycles. The van der Waals surface area contributed by atoms with Gasteiger partial charge in [0.2, 0.25) is 0 Å². The van der Waals surface area contributed by atoms with Crippen molar-refractivity contribution >= 4 is 23.6 Å². The van der Waals surface area contributed by atoms with Crippen LogP contribution in [0.15, 0.2) is 60.2 Å². The first kappa shape index (κ1) is 20.0. The van der Waals surface area contributed by atoms with Crippen molar-refractivity contribution in [1.29, 1.82) is 5.26 Å². The zero-order chi connectivity index (χ0) is 20.6. The quantitative estimate of drug-likeness (QED) is 0.600. The molecule has 1 amide bonds. The Morgan fingerprint density at radius 1 is 1.03 bits per heavy atom. The Bertz CT molecular complexity index is 925. The van der Waals surface area contributed by atoms with E-state index in [9.17, 15) is 14.9 Å². The summed E-state index contributed by atoms with van der Waals surface area (Å²) in [7, 11) is 0. The van der Waals surface area contributed by atoms with E-state index in [1.807, 2.05) is 36.4 Å². The molecule has 1 aliphatic rings. The molecule has 7 nitrogen and oxygen atoms in total. The van der Waals surface area contributed by atoms with Crippen LogP contribution in [-0.4, -0.2) is 54.7 Å². The molecular weight excluding hydrogens is 370 g/mol. The van der Waals surface area contributed by atoms with Gasteiger partial charge >= 0.3 is 5.97 Å². The van der Waals surface area contributed by atoms with Crippen LogP contribution in [0, 0.1) is 11.3 Å². The minimum absolute atomic E-state index is 0.0670. The van der Waals surface area contributed by atoms with Crippen LogP contribution < -0.4 is 9.64 Å². The van der Waals surface area contributed by atoms with Gasteiger partial charge in [-0.2, -0.15) is 5.26 Å². The smallest absolute Gasteiger partial charge is 0.341 e. The van der Waals surface area contributed by atoms with Crippen LogP contribution in [0.5, 0.6) is 5.75 Å². The number of benzene rings is 2. The van der Waals surface area contributed by atoms with Crippen LogP contribution in [0.25, 0.3) is 6.08 Å². The van der Waals surface area contributed by atoms with Gasteiger partial charge in [-0.15, -0.1) is 0 Å². The Labute approximate surface area is 169 Å². The summed E-state index contributed by atoms with van der Waals surface area (Å²) >= 11 is 0. The van der Waals surface area contributed by atoms with Crippen molar-refractivity contribution in [2.75, 3.05) is 37.7 Å². The number of ether oxygens (including phenoxy) is 1. The van der Waals surface area contributed by atoms with Crippen LogP contribution in [0.2, 0.25) is 0 Å². The molecule has 0 aliphatic carbocycles. The van der Waals surface area contributed by atoms with Crippen molar-refractivity contribution in [2.45, 2.75) is 0 Å². The fourth-order valence-corrected chi connectivity index (χ4v) is 3.09. The van der Waals surface area contributed by atoms with Gasteiger partial charge in [0, 0.05) is 31.9 Å². The van der Waals surface area contributed by atoms with Crippen molar-refractivity contribution < 1.29 is 19.4 Å². The van der Waals surface area contributed by atoms with Crippen LogP contribution >= 0.6 is 0 Å². The Balaban J connectivity index is 1.62. The van der Waals surface area contributed by atoms with Crippen LogP contribution in [-0.2, 0) is 9.59 Å². The first-order valence-corrected chi connectivity index (χ1v) is 9.22. The molecule has 0 aromatic heterocycles. The number of hydrogen-bond acceptors (Lipinski definition) is 5. The number of rotatable bonds is 6. The van der Waals surface area contributed by atoms with Crippen LogP contribution in [0.4, 0.5) is 5.69 Å². The molecule has 0 radical (unpaired) electrons. The summed E-state index contributed by atoms with van der Waals surface area (Å²) < 4.78 is 5.08. The van der Waals surface area contributed by atoms with E-state index in [0.717, 1.165) is 5.69 Å². The van der Waals surface area contributed by atoms with Gasteiger partial charge < -0.3 is 19.6 Å². The number of carboxylic acid groups (broad SMARTS) is 1. The van der Waals surface area contributed by atoms with Crippen LogP contribution in [0.1, 0.15) is 5.56 Å². The predicted molar refractivity (Wildman–Crippen MR) is 108 cm³/mol. The number of anilines is 1. The Morgan fingerprint density at radius 3 is 2.28 bits per heavy atom. The molecule has 1 N–H and O–H groups in total. The van der Waals surface area contributed by atoms with E-state index >= 15 is 0 Å². The van der Waals surface area contributed by atoms with Gasteiger partial charge in [-0.1, -0.05) is 30.3 Å². The molecule has 0 unspecified atom stereocenters. The maximum Gasteiger partial charge on any atom is 0.341 e. The summed E-state index contributed by atoms with van der Waals surface area (Å²) in [5.41, 5.74) is 1.86. The summed E-state index contributed by atoms with van der Waals surface area (Å²) in [4.78, 5) is 27.2. The number of aliphatic carboxylic acids is 1. The monoisotopic (exact) mass is 391 g/mol. The highest BCUT2D eigenvalue weighted by atomic mass is 16.5. The lowest BCUT2D eigenvalue weighted by atomic mass is 10.1. The zero-order valence-electron chi connectivity index (χ0n) is 15.8. The number of carboxylic acids is 1. The second-order valence-corrected chi connectivity index (χ2v) is 6.54. The highest BCUT2D eigenvalue weighted by Gasteiger charge is 2.23. The Morgan fingerprint density at radius 2 is 1.69 bits per heavy atom. The summed E-state index contributed by atoms with van der Waals surface area (Å²) in [6.07, 6.45) is 1.53. The number of amides is 1. The zero-order valence-corrected chi connectivity index (χ0v) is 15.8. The Kier molecular flexibility index (Phi) is 6.48. The lowest BCUT2D eigenvalue weighted by Gasteiger charge is -2.36. The summed E-state index contributed by atoms with van der Waals surface area (Å²) in [6.45, 7) is 2.10. The van der Waals surface area contributed by atoms with Crippen molar-refractivity contribution in [3.63, 3.8) is 0 Å². The number of hydrogen-bond donors (Lipinski definition) is 1.